The molecule has 0 spiro atoms. The van der Waals surface area contributed by atoms with Gasteiger partial charge in [-0.05, 0) is 42.0 Å². The molecule has 0 unspecified atom stereocenters. The smallest absolute Gasteiger partial charge is 0.226 e. The molecule has 3 heterocycles. The van der Waals surface area contributed by atoms with Crippen LogP contribution in [0.4, 0.5) is 5.95 Å². The van der Waals surface area contributed by atoms with Crippen LogP contribution in [0, 0.1) is 0 Å². The minimum absolute atomic E-state index is 0.269. The van der Waals surface area contributed by atoms with Crippen LogP contribution in [0.2, 0.25) is 10.0 Å². The normalized spacial score (nSPS) is 18.5. The van der Waals surface area contributed by atoms with Gasteiger partial charge in [-0.15, -0.1) is 0 Å². The maximum atomic E-state index is 6.67. The van der Waals surface area contributed by atoms with Crippen LogP contribution in [-0.2, 0) is 0 Å². The minimum atomic E-state index is -0.461. The fourth-order valence-corrected chi connectivity index (χ4v) is 5.00. The van der Waals surface area contributed by atoms with Gasteiger partial charge in [0.2, 0.25) is 5.95 Å². The van der Waals surface area contributed by atoms with Gasteiger partial charge in [-0.25, -0.2) is 4.68 Å². The molecule has 1 aromatic heterocycles. The Hall–Kier alpha value is -3.48. The zero-order valence-corrected chi connectivity index (χ0v) is 19.0. The summed E-state index contributed by atoms with van der Waals surface area (Å²) in [4.78, 5) is 4.45. The van der Waals surface area contributed by atoms with E-state index >= 15 is 0 Å². The van der Waals surface area contributed by atoms with Crippen LogP contribution in [0.3, 0.4) is 0 Å². The second kappa shape index (κ2) is 7.83. The van der Waals surface area contributed by atoms with E-state index in [-0.39, 0.29) is 6.04 Å². The molecule has 0 bridgehead atoms. The molecular weight excluding hydrogens is 459 g/mol. The van der Waals surface area contributed by atoms with Crippen molar-refractivity contribution in [2.24, 2.45) is 0 Å². The van der Waals surface area contributed by atoms with Gasteiger partial charge in [-0.2, -0.15) is 10.1 Å². The molecule has 0 saturated carbocycles. The van der Waals surface area contributed by atoms with Gasteiger partial charge in [0.05, 0.1) is 12.8 Å². The quantitative estimate of drug-likeness (QED) is 0.383. The van der Waals surface area contributed by atoms with Gasteiger partial charge < -0.3 is 14.8 Å². The maximum absolute atomic E-state index is 6.67. The van der Waals surface area contributed by atoms with Crippen molar-refractivity contribution in [1.29, 1.82) is 0 Å². The third kappa shape index (κ3) is 3.25. The summed E-state index contributed by atoms with van der Waals surface area (Å²) in [7, 11) is 1.65. The van der Waals surface area contributed by atoms with Crippen LogP contribution < -0.4 is 14.8 Å². The molecule has 0 aliphatic carbocycles. The molecule has 0 amide bonds. The zero-order chi connectivity index (χ0) is 22.5. The summed E-state index contributed by atoms with van der Waals surface area (Å²) in [6.45, 7) is 0. The highest BCUT2D eigenvalue weighted by atomic mass is 35.5. The summed E-state index contributed by atoms with van der Waals surface area (Å²) >= 11 is 12.9. The SMILES string of the molecule is COc1ccc([C@@H]2C3=C(Nc4ncnn42)c2ccccc2O[C@H]3c2ccc(Cl)cc2Cl)cc1. The summed E-state index contributed by atoms with van der Waals surface area (Å²) in [6, 6.07) is 21.1. The van der Waals surface area contributed by atoms with Gasteiger partial charge in [0, 0.05) is 26.7 Å². The van der Waals surface area contributed by atoms with E-state index in [9.17, 15) is 0 Å². The molecule has 2 aliphatic rings. The van der Waals surface area contributed by atoms with Crippen LogP contribution in [0.15, 0.2) is 78.6 Å². The number of nitrogens with one attached hydrogen (secondary N) is 1. The Balaban J connectivity index is 1.62. The Labute approximate surface area is 200 Å². The van der Waals surface area contributed by atoms with Crippen LogP contribution in [-0.4, -0.2) is 21.9 Å². The van der Waals surface area contributed by atoms with E-state index in [0.29, 0.717) is 16.0 Å². The molecule has 0 saturated heterocycles. The average Bonchev–Trinajstić information content (AvgIpc) is 3.31. The highest BCUT2D eigenvalue weighted by molar-refractivity contribution is 6.35. The molecule has 4 aromatic rings. The standard InChI is InChI=1S/C25H18Cl2N4O2/c1-32-16-9-6-14(7-10-16)23-21-22(30-25-28-13-29-31(23)25)18-4-2-3-5-20(18)33-24(21)17-11-8-15(26)12-19(17)27/h2-13,23-24H,1H3,(H,28,29,30)/t23-,24+/m1/s1. The second-order valence-electron chi connectivity index (χ2n) is 7.82. The summed E-state index contributed by atoms with van der Waals surface area (Å²) < 4.78 is 13.8. The third-order valence-corrected chi connectivity index (χ3v) is 6.56. The van der Waals surface area contributed by atoms with Crippen LogP contribution in [0.1, 0.15) is 28.8 Å². The molecule has 3 aromatic carbocycles. The van der Waals surface area contributed by atoms with Crippen LogP contribution >= 0.6 is 23.2 Å². The van der Waals surface area contributed by atoms with Gasteiger partial charge in [0.25, 0.3) is 0 Å². The number of rotatable bonds is 3. The largest absolute Gasteiger partial charge is 0.497 e. The van der Waals surface area contributed by atoms with Gasteiger partial charge in [0.1, 0.15) is 23.9 Å². The predicted octanol–water partition coefficient (Wildman–Crippen LogP) is 6.15. The van der Waals surface area contributed by atoms with E-state index in [1.807, 2.05) is 65.3 Å². The number of aromatic nitrogens is 3. The number of para-hydroxylation sites is 1. The molecule has 0 radical (unpaired) electrons. The van der Waals surface area contributed by atoms with E-state index in [1.54, 1.807) is 19.5 Å². The van der Waals surface area contributed by atoms with Crippen molar-refractivity contribution in [3.05, 3.63) is 105 Å². The summed E-state index contributed by atoms with van der Waals surface area (Å²) in [5.41, 5.74) is 4.73. The van der Waals surface area contributed by atoms with Crippen molar-refractivity contribution in [1.82, 2.24) is 14.8 Å². The number of anilines is 1. The average molecular weight is 477 g/mol. The summed E-state index contributed by atoms with van der Waals surface area (Å²) in [5, 5.41) is 9.13. The summed E-state index contributed by atoms with van der Waals surface area (Å²) in [5.74, 6) is 2.21. The van der Waals surface area contributed by atoms with Crippen molar-refractivity contribution >= 4 is 34.8 Å². The first-order chi connectivity index (χ1) is 16.1. The third-order valence-electron chi connectivity index (χ3n) is 6.00. The van der Waals surface area contributed by atoms with Crippen LogP contribution in [0.25, 0.3) is 5.70 Å². The van der Waals surface area contributed by atoms with Crippen LogP contribution in [0.5, 0.6) is 11.5 Å². The van der Waals surface area contributed by atoms with Crippen molar-refractivity contribution < 1.29 is 9.47 Å². The first kappa shape index (κ1) is 20.1. The Morgan fingerprint density at radius 3 is 2.64 bits per heavy atom. The van der Waals surface area contributed by atoms with E-state index in [2.05, 4.69) is 15.4 Å². The maximum Gasteiger partial charge on any atom is 0.226 e. The molecule has 6 rings (SSSR count). The number of hydrogen-bond donors (Lipinski definition) is 1. The fourth-order valence-electron chi connectivity index (χ4n) is 4.50. The molecule has 2 aliphatic heterocycles. The molecule has 8 heteroatoms. The molecule has 164 valence electrons. The Kier molecular flexibility index (Phi) is 4.78. The lowest BCUT2D eigenvalue weighted by Gasteiger charge is -2.39. The number of benzene rings is 3. The predicted molar refractivity (Wildman–Crippen MR) is 128 cm³/mol. The van der Waals surface area contributed by atoms with Crippen molar-refractivity contribution in [3.8, 4) is 11.5 Å². The molecule has 33 heavy (non-hydrogen) atoms. The molecule has 2 atom stereocenters. The molecule has 6 nitrogen and oxygen atoms in total. The lowest BCUT2D eigenvalue weighted by molar-refractivity contribution is 0.223. The first-order valence-corrected chi connectivity index (χ1v) is 11.1. The van der Waals surface area contributed by atoms with Gasteiger partial charge in [-0.1, -0.05) is 53.5 Å². The lowest BCUT2D eigenvalue weighted by Crippen LogP contribution is -2.32. The van der Waals surface area contributed by atoms with Gasteiger partial charge in [0.15, 0.2) is 6.10 Å². The molecular formula is C25H18Cl2N4O2. The highest BCUT2D eigenvalue weighted by Crippen LogP contribution is 2.51. The monoisotopic (exact) mass is 476 g/mol. The van der Waals surface area contributed by atoms with E-state index in [1.165, 1.54) is 0 Å². The zero-order valence-electron chi connectivity index (χ0n) is 17.5. The lowest BCUT2D eigenvalue weighted by atomic mass is 9.84. The van der Waals surface area contributed by atoms with Crippen molar-refractivity contribution in [3.63, 3.8) is 0 Å². The fraction of sp³-hybridized carbons (Fsp3) is 0.120. The number of halogens is 2. The van der Waals surface area contributed by atoms with Crippen molar-refractivity contribution in [2.45, 2.75) is 12.1 Å². The van der Waals surface area contributed by atoms with E-state index < -0.39 is 6.10 Å². The number of fused-ring (bicyclic) bond motifs is 3. The van der Waals surface area contributed by atoms with Gasteiger partial charge >= 0.3 is 0 Å². The number of ether oxygens (including phenoxy) is 2. The molecule has 0 fully saturated rings. The van der Waals surface area contributed by atoms with Gasteiger partial charge in [-0.3, -0.25) is 0 Å². The highest BCUT2D eigenvalue weighted by Gasteiger charge is 2.41. The topological polar surface area (TPSA) is 61.2 Å². The Morgan fingerprint density at radius 1 is 1.03 bits per heavy atom. The number of hydrogen-bond acceptors (Lipinski definition) is 5. The first-order valence-electron chi connectivity index (χ1n) is 10.4. The molecule has 1 N–H and O–H groups in total. The van der Waals surface area contributed by atoms with Crippen molar-refractivity contribution in [2.75, 3.05) is 12.4 Å². The minimum Gasteiger partial charge on any atom is -0.497 e. The Bertz CT molecular complexity index is 1400. The second-order valence-corrected chi connectivity index (χ2v) is 8.66. The Morgan fingerprint density at radius 2 is 1.85 bits per heavy atom. The van der Waals surface area contributed by atoms with E-state index in [0.717, 1.165) is 39.5 Å². The van der Waals surface area contributed by atoms with E-state index in [4.69, 9.17) is 32.7 Å². The number of nitrogens with zero attached hydrogens (tertiary/aromatic N) is 3. The summed E-state index contributed by atoms with van der Waals surface area (Å²) in [6.07, 6.45) is 1.09. The number of methoxy groups -OCH3 is 1.